The number of ether oxygens (including phenoxy) is 1. The van der Waals surface area contributed by atoms with E-state index in [9.17, 15) is 4.79 Å². The number of morpholine rings is 1. The Bertz CT molecular complexity index is 580. The summed E-state index contributed by atoms with van der Waals surface area (Å²) in [6.45, 7) is 2.83. The van der Waals surface area contributed by atoms with Crippen molar-refractivity contribution in [3.63, 3.8) is 0 Å². The van der Waals surface area contributed by atoms with Gasteiger partial charge in [0.05, 0.1) is 35.9 Å². The van der Waals surface area contributed by atoms with E-state index in [1.807, 2.05) is 18.2 Å². The van der Waals surface area contributed by atoms with Gasteiger partial charge in [0, 0.05) is 13.1 Å². The van der Waals surface area contributed by atoms with Gasteiger partial charge >= 0.3 is 5.97 Å². The number of benzene rings is 1. The molecule has 0 bridgehead atoms. The Morgan fingerprint density at radius 1 is 1.50 bits per heavy atom. The maximum atomic E-state index is 10.7. The standard InChI is InChI=1S/C14H16N2O3S/c17-14(18)7-10-8-16(5-6-19-10)9-13-15-11-3-1-2-4-12(11)20-13/h1-4,10H,5-9H2,(H,17,18). The van der Waals surface area contributed by atoms with Crippen LogP contribution in [0.5, 0.6) is 0 Å². The van der Waals surface area contributed by atoms with Gasteiger partial charge in [-0.25, -0.2) is 4.98 Å². The summed E-state index contributed by atoms with van der Waals surface area (Å²) in [6.07, 6.45) is -0.147. The van der Waals surface area contributed by atoms with Gasteiger partial charge in [0.1, 0.15) is 5.01 Å². The number of carboxylic acid groups (broad SMARTS) is 1. The average Bonchev–Trinajstić information content (AvgIpc) is 2.80. The third-order valence-corrected chi connectivity index (χ3v) is 4.34. The summed E-state index contributed by atoms with van der Waals surface area (Å²) in [5.74, 6) is -0.808. The van der Waals surface area contributed by atoms with Crippen LogP contribution < -0.4 is 0 Å². The SMILES string of the molecule is O=C(O)CC1CN(Cc2nc3ccccc3s2)CCO1. The summed E-state index contributed by atoms with van der Waals surface area (Å²) >= 11 is 1.70. The van der Waals surface area contributed by atoms with Gasteiger partial charge in [-0.15, -0.1) is 11.3 Å². The minimum atomic E-state index is -0.808. The smallest absolute Gasteiger partial charge is 0.306 e. The summed E-state index contributed by atoms with van der Waals surface area (Å²) in [4.78, 5) is 17.6. The first kappa shape index (κ1) is 13.5. The molecule has 1 fully saturated rings. The normalized spacial score (nSPS) is 20.3. The number of carbonyl (C=O) groups is 1. The summed E-state index contributed by atoms with van der Waals surface area (Å²) in [5, 5.41) is 9.90. The van der Waals surface area contributed by atoms with E-state index in [-0.39, 0.29) is 12.5 Å². The number of hydrogen-bond acceptors (Lipinski definition) is 5. The van der Waals surface area contributed by atoms with E-state index in [0.29, 0.717) is 13.2 Å². The summed E-state index contributed by atoms with van der Waals surface area (Å²) in [5.41, 5.74) is 1.03. The van der Waals surface area contributed by atoms with Crippen molar-refractivity contribution in [3.8, 4) is 0 Å². The van der Waals surface area contributed by atoms with E-state index >= 15 is 0 Å². The van der Waals surface area contributed by atoms with Crippen molar-refractivity contribution in [2.24, 2.45) is 0 Å². The first-order valence-electron chi connectivity index (χ1n) is 6.61. The van der Waals surface area contributed by atoms with Crippen molar-refractivity contribution in [2.75, 3.05) is 19.7 Å². The predicted octanol–water partition coefficient (Wildman–Crippen LogP) is 1.97. The summed E-state index contributed by atoms with van der Waals surface area (Å²) < 4.78 is 6.67. The Labute approximate surface area is 120 Å². The lowest BCUT2D eigenvalue weighted by Crippen LogP contribution is -2.42. The van der Waals surface area contributed by atoms with E-state index in [2.05, 4.69) is 16.0 Å². The average molecular weight is 292 g/mol. The zero-order valence-corrected chi connectivity index (χ0v) is 11.8. The minimum absolute atomic E-state index is 0.0658. The molecule has 106 valence electrons. The molecule has 0 aliphatic carbocycles. The lowest BCUT2D eigenvalue weighted by Gasteiger charge is -2.31. The highest BCUT2D eigenvalue weighted by atomic mass is 32.1. The molecular formula is C14H16N2O3S. The molecule has 0 saturated carbocycles. The fraction of sp³-hybridized carbons (Fsp3) is 0.429. The molecule has 20 heavy (non-hydrogen) atoms. The molecule has 1 N–H and O–H groups in total. The molecule has 0 radical (unpaired) electrons. The quantitative estimate of drug-likeness (QED) is 0.933. The predicted molar refractivity (Wildman–Crippen MR) is 76.9 cm³/mol. The highest BCUT2D eigenvalue weighted by Crippen LogP contribution is 2.23. The largest absolute Gasteiger partial charge is 0.481 e. The van der Waals surface area contributed by atoms with Crippen LogP contribution in [0.4, 0.5) is 0 Å². The molecule has 1 aromatic carbocycles. The number of carboxylic acids is 1. The molecule has 1 atom stereocenters. The van der Waals surface area contributed by atoms with Crippen molar-refractivity contribution >= 4 is 27.5 Å². The molecule has 1 aliphatic heterocycles. The highest BCUT2D eigenvalue weighted by Gasteiger charge is 2.23. The molecule has 2 aromatic rings. The van der Waals surface area contributed by atoms with E-state index in [1.54, 1.807) is 11.3 Å². The highest BCUT2D eigenvalue weighted by molar-refractivity contribution is 7.18. The van der Waals surface area contributed by atoms with Crippen molar-refractivity contribution in [2.45, 2.75) is 19.1 Å². The molecule has 6 heteroatoms. The molecule has 5 nitrogen and oxygen atoms in total. The van der Waals surface area contributed by atoms with Crippen molar-refractivity contribution in [1.29, 1.82) is 0 Å². The maximum absolute atomic E-state index is 10.7. The Morgan fingerprint density at radius 3 is 3.15 bits per heavy atom. The van der Waals surface area contributed by atoms with Gasteiger partial charge in [-0.2, -0.15) is 0 Å². The second-order valence-corrected chi connectivity index (χ2v) is 6.02. The van der Waals surface area contributed by atoms with E-state index in [4.69, 9.17) is 9.84 Å². The van der Waals surface area contributed by atoms with Crippen molar-refractivity contribution in [1.82, 2.24) is 9.88 Å². The van der Waals surface area contributed by atoms with Gasteiger partial charge in [0.25, 0.3) is 0 Å². The maximum Gasteiger partial charge on any atom is 0.306 e. The zero-order chi connectivity index (χ0) is 13.9. The van der Waals surface area contributed by atoms with E-state index < -0.39 is 5.97 Å². The van der Waals surface area contributed by atoms with Crippen molar-refractivity contribution < 1.29 is 14.6 Å². The van der Waals surface area contributed by atoms with Gasteiger partial charge in [0.2, 0.25) is 0 Å². The number of para-hydroxylation sites is 1. The van der Waals surface area contributed by atoms with Crippen LogP contribution in [0.3, 0.4) is 0 Å². The molecule has 2 heterocycles. The topological polar surface area (TPSA) is 62.7 Å². The lowest BCUT2D eigenvalue weighted by atomic mass is 10.2. The second-order valence-electron chi connectivity index (χ2n) is 4.90. The molecule has 0 amide bonds. The number of aliphatic carboxylic acids is 1. The molecule has 1 unspecified atom stereocenters. The second kappa shape index (κ2) is 5.87. The molecule has 1 saturated heterocycles. The Balaban J connectivity index is 1.66. The number of nitrogens with zero attached hydrogens (tertiary/aromatic N) is 2. The molecule has 1 aliphatic rings. The fourth-order valence-electron chi connectivity index (χ4n) is 2.42. The minimum Gasteiger partial charge on any atom is -0.481 e. The van der Waals surface area contributed by atoms with Crippen LogP contribution in [0.15, 0.2) is 24.3 Å². The van der Waals surface area contributed by atoms with Gasteiger partial charge in [0.15, 0.2) is 0 Å². The molecule has 1 aromatic heterocycles. The van der Waals surface area contributed by atoms with Crippen LogP contribution in [0, 0.1) is 0 Å². The Kier molecular flexibility index (Phi) is 3.95. The van der Waals surface area contributed by atoms with Gasteiger partial charge in [-0.1, -0.05) is 12.1 Å². The first-order valence-corrected chi connectivity index (χ1v) is 7.42. The number of hydrogen-bond donors (Lipinski definition) is 1. The van der Waals surface area contributed by atoms with Crippen molar-refractivity contribution in [3.05, 3.63) is 29.3 Å². The van der Waals surface area contributed by atoms with Gasteiger partial charge in [-0.3, -0.25) is 9.69 Å². The summed E-state index contributed by atoms with van der Waals surface area (Å²) in [7, 11) is 0. The number of fused-ring (bicyclic) bond motifs is 1. The Morgan fingerprint density at radius 2 is 2.35 bits per heavy atom. The number of aromatic nitrogens is 1. The van der Waals surface area contributed by atoms with Crippen LogP contribution in [-0.4, -0.2) is 46.8 Å². The summed E-state index contributed by atoms with van der Waals surface area (Å²) in [6, 6.07) is 8.09. The van der Waals surface area contributed by atoms with E-state index in [0.717, 1.165) is 23.6 Å². The van der Waals surface area contributed by atoms with Crippen LogP contribution in [0.2, 0.25) is 0 Å². The molecule has 0 spiro atoms. The Hall–Kier alpha value is -1.50. The first-order chi connectivity index (χ1) is 9.70. The van der Waals surface area contributed by atoms with Crippen LogP contribution in [0.1, 0.15) is 11.4 Å². The number of rotatable bonds is 4. The third-order valence-electron chi connectivity index (χ3n) is 3.32. The van der Waals surface area contributed by atoms with Crippen LogP contribution >= 0.6 is 11.3 Å². The van der Waals surface area contributed by atoms with Gasteiger partial charge in [-0.05, 0) is 12.1 Å². The van der Waals surface area contributed by atoms with E-state index in [1.165, 1.54) is 4.70 Å². The molecule has 3 rings (SSSR count). The fourth-order valence-corrected chi connectivity index (χ4v) is 3.43. The van der Waals surface area contributed by atoms with Crippen LogP contribution in [0.25, 0.3) is 10.2 Å². The van der Waals surface area contributed by atoms with Gasteiger partial charge < -0.3 is 9.84 Å². The third kappa shape index (κ3) is 3.15. The zero-order valence-electron chi connectivity index (χ0n) is 11.0. The number of thiazole rings is 1. The lowest BCUT2D eigenvalue weighted by molar-refractivity contribution is -0.142. The molecular weight excluding hydrogens is 276 g/mol. The van der Waals surface area contributed by atoms with Crippen LogP contribution in [-0.2, 0) is 16.1 Å². The monoisotopic (exact) mass is 292 g/mol.